The van der Waals surface area contributed by atoms with Gasteiger partial charge in [0.05, 0.1) is 26.1 Å². The number of fused-ring (bicyclic) bond motifs is 4. The summed E-state index contributed by atoms with van der Waals surface area (Å²) < 4.78 is 10.5. The maximum atomic E-state index is 13.6. The molecule has 0 aromatic heterocycles. The van der Waals surface area contributed by atoms with Crippen LogP contribution < -0.4 is 9.47 Å². The van der Waals surface area contributed by atoms with Gasteiger partial charge in [0.2, 0.25) is 17.6 Å². The Morgan fingerprint density at radius 3 is 2.31 bits per heavy atom. The van der Waals surface area contributed by atoms with Gasteiger partial charge in [-0.15, -0.1) is 23.2 Å². The molecule has 224 valence electrons. The van der Waals surface area contributed by atoms with Crippen molar-refractivity contribution < 1.29 is 43.7 Å². The highest BCUT2D eigenvalue weighted by molar-refractivity contribution is 6.53. The summed E-state index contributed by atoms with van der Waals surface area (Å²) in [4.78, 5) is 63.1. The van der Waals surface area contributed by atoms with E-state index in [1.54, 1.807) is 30.4 Å². The maximum absolute atomic E-state index is 13.6. The summed E-state index contributed by atoms with van der Waals surface area (Å²) in [6.45, 7) is -0.0293. The van der Waals surface area contributed by atoms with Crippen LogP contribution in [0.25, 0.3) is 6.08 Å². The molecule has 6 atom stereocenters. The van der Waals surface area contributed by atoms with Crippen molar-refractivity contribution in [3.8, 4) is 17.2 Å². The number of alkyl halides is 2. The molecular weight excluding hydrogens is 591 g/mol. The van der Waals surface area contributed by atoms with Gasteiger partial charge in [-0.3, -0.25) is 33.8 Å². The Morgan fingerprint density at radius 1 is 1.07 bits per heavy atom. The molecule has 13 heteroatoms. The third-order valence-electron chi connectivity index (χ3n) is 8.92. The van der Waals surface area contributed by atoms with Gasteiger partial charge in [0.1, 0.15) is 0 Å². The van der Waals surface area contributed by atoms with E-state index in [0.717, 1.165) is 9.80 Å². The average Bonchev–Trinajstić information content (AvgIpc) is 3.27. The first kappa shape index (κ1) is 29.9. The van der Waals surface area contributed by atoms with Gasteiger partial charge in [-0.1, -0.05) is 23.8 Å². The Kier molecular flexibility index (Phi) is 7.55. The zero-order chi connectivity index (χ0) is 30.7. The van der Waals surface area contributed by atoms with Gasteiger partial charge in [0, 0.05) is 25.9 Å². The van der Waals surface area contributed by atoms with Crippen molar-refractivity contribution in [2.45, 2.75) is 35.4 Å². The molecular formula is C29H30Cl2N2O9. The van der Waals surface area contributed by atoms with E-state index in [1.165, 1.54) is 21.3 Å². The number of hydrogen-bond donors (Lipinski definition) is 2. The number of nitrogens with zero attached hydrogens (tertiary/aromatic N) is 2. The van der Waals surface area contributed by atoms with E-state index < -0.39 is 63.0 Å². The van der Waals surface area contributed by atoms with E-state index in [2.05, 4.69) is 0 Å². The third-order valence-corrected chi connectivity index (χ3v) is 10.3. The highest BCUT2D eigenvalue weighted by atomic mass is 35.5. The molecule has 42 heavy (non-hydrogen) atoms. The first-order chi connectivity index (χ1) is 19.8. The van der Waals surface area contributed by atoms with Crippen LogP contribution in [-0.2, 0) is 24.0 Å². The molecule has 4 amide bonds. The molecule has 4 aliphatic rings. The first-order valence-electron chi connectivity index (χ1n) is 13.4. The molecule has 2 aliphatic heterocycles. The van der Waals surface area contributed by atoms with Gasteiger partial charge < -0.3 is 19.7 Å². The fraction of sp³-hybridized carbons (Fsp3) is 0.483. The smallest absolute Gasteiger partial charge is 0.303 e. The van der Waals surface area contributed by atoms with Crippen molar-refractivity contribution in [1.29, 1.82) is 0 Å². The van der Waals surface area contributed by atoms with Crippen LogP contribution >= 0.6 is 23.2 Å². The Labute approximate surface area is 251 Å². The number of hydrogen-bond acceptors (Lipinski definition) is 8. The summed E-state index contributed by atoms with van der Waals surface area (Å²) in [5.41, 5.74) is 1.15. The number of ether oxygens (including phenoxy) is 2. The molecule has 1 aromatic rings. The molecule has 0 radical (unpaired) electrons. The second-order valence-corrected chi connectivity index (χ2v) is 12.2. The summed E-state index contributed by atoms with van der Waals surface area (Å²) in [7, 11) is 4.08. The predicted octanol–water partition coefficient (Wildman–Crippen LogP) is 2.81. The minimum Gasteiger partial charge on any atom is -0.502 e. The fourth-order valence-electron chi connectivity index (χ4n) is 6.88. The third kappa shape index (κ3) is 4.19. The van der Waals surface area contributed by atoms with Gasteiger partial charge in [-0.05, 0) is 42.9 Å². The number of carbonyl (C=O) groups is 5. The summed E-state index contributed by atoms with van der Waals surface area (Å²) in [5.74, 6) is -6.28. The molecule has 2 aliphatic carbocycles. The van der Waals surface area contributed by atoms with Crippen LogP contribution in [0.2, 0.25) is 0 Å². The largest absolute Gasteiger partial charge is 0.502 e. The fourth-order valence-corrected chi connectivity index (χ4v) is 7.86. The lowest BCUT2D eigenvalue weighted by molar-refractivity contribution is -0.142. The number of imide groups is 2. The van der Waals surface area contributed by atoms with E-state index in [4.69, 9.17) is 37.8 Å². The van der Waals surface area contributed by atoms with Gasteiger partial charge in [-0.25, -0.2) is 0 Å². The van der Waals surface area contributed by atoms with Crippen LogP contribution in [0.15, 0.2) is 29.9 Å². The molecule has 2 saturated heterocycles. The molecule has 1 saturated carbocycles. The van der Waals surface area contributed by atoms with Crippen molar-refractivity contribution in [3.05, 3.63) is 35.4 Å². The molecule has 3 fully saturated rings. The minimum absolute atomic E-state index is 0.0293. The number of rotatable bonds is 8. The van der Waals surface area contributed by atoms with Crippen LogP contribution in [-0.4, -0.2) is 87.2 Å². The lowest BCUT2D eigenvalue weighted by Gasteiger charge is -2.49. The quantitative estimate of drug-likeness (QED) is 0.254. The molecule has 11 nitrogen and oxygen atoms in total. The van der Waals surface area contributed by atoms with Crippen LogP contribution in [0.1, 0.15) is 31.2 Å². The van der Waals surface area contributed by atoms with E-state index >= 15 is 0 Å². The monoisotopic (exact) mass is 620 g/mol. The molecule has 6 unspecified atom stereocenters. The Morgan fingerprint density at radius 2 is 1.71 bits per heavy atom. The van der Waals surface area contributed by atoms with Gasteiger partial charge in [-0.2, -0.15) is 0 Å². The van der Waals surface area contributed by atoms with E-state index in [9.17, 15) is 29.1 Å². The number of likely N-dealkylation sites (tertiary alicyclic amines) is 2. The van der Waals surface area contributed by atoms with Crippen LogP contribution in [0.4, 0.5) is 0 Å². The molecule has 0 bridgehead atoms. The first-order valence-corrected chi connectivity index (χ1v) is 14.2. The molecule has 2 N–H and O–H groups in total. The SMILES string of the molecule is COc1cc(C=CC2C3=CCC4C(=O)N(CCCC(=O)O)C(=O)C4C3CC3(Cl)C(=O)N(C)C(=O)C23Cl)cc(OC)c1O. The van der Waals surface area contributed by atoms with Crippen molar-refractivity contribution in [2.24, 2.45) is 23.7 Å². The number of carbonyl (C=O) groups excluding carboxylic acids is 4. The standard InChI is InChI=1S/C29H30Cl2N2O9/c1-32-26(39)28(30)13-17-15(7-8-16-22(17)25(38)33(24(16)37)10-4-5-21(34)35)18(29(28,31)27(32)40)9-6-14-11-19(41-2)23(36)20(12-14)42-3/h6-7,9,11-12,16-18,22,36H,4-5,8,10,13H2,1-3H3,(H,34,35). The van der Waals surface area contributed by atoms with Gasteiger partial charge >= 0.3 is 5.97 Å². The van der Waals surface area contributed by atoms with Crippen molar-refractivity contribution in [3.63, 3.8) is 0 Å². The Bertz CT molecular complexity index is 1430. The van der Waals surface area contributed by atoms with Crippen LogP contribution in [0, 0.1) is 23.7 Å². The number of carboxylic acids is 1. The topological polar surface area (TPSA) is 151 Å². The molecule has 2 heterocycles. The minimum atomic E-state index is -1.91. The summed E-state index contributed by atoms with van der Waals surface area (Å²) in [6.07, 6.45) is 5.09. The van der Waals surface area contributed by atoms with Crippen molar-refractivity contribution in [1.82, 2.24) is 9.80 Å². The van der Waals surface area contributed by atoms with E-state index in [-0.39, 0.29) is 49.5 Å². The molecule has 0 spiro atoms. The van der Waals surface area contributed by atoms with E-state index in [1.807, 2.05) is 0 Å². The number of aliphatic carboxylic acids is 1. The number of allylic oxidation sites excluding steroid dienone is 3. The number of amides is 4. The zero-order valence-corrected chi connectivity index (χ0v) is 24.6. The van der Waals surface area contributed by atoms with E-state index in [0.29, 0.717) is 11.1 Å². The van der Waals surface area contributed by atoms with Crippen molar-refractivity contribution in [2.75, 3.05) is 27.8 Å². The van der Waals surface area contributed by atoms with Gasteiger partial charge in [0.15, 0.2) is 21.2 Å². The number of benzene rings is 1. The number of carboxylic acid groups (broad SMARTS) is 1. The highest BCUT2D eigenvalue weighted by Gasteiger charge is 2.75. The average molecular weight is 621 g/mol. The normalized spacial score (nSPS) is 32.2. The predicted molar refractivity (Wildman–Crippen MR) is 150 cm³/mol. The summed E-state index contributed by atoms with van der Waals surface area (Å²) in [5, 5.41) is 19.3. The Balaban J connectivity index is 1.58. The molecule has 5 rings (SSSR count). The second-order valence-electron chi connectivity index (χ2n) is 11.0. The number of methoxy groups -OCH3 is 2. The second kappa shape index (κ2) is 10.6. The maximum Gasteiger partial charge on any atom is 0.303 e. The van der Waals surface area contributed by atoms with Crippen LogP contribution in [0.5, 0.6) is 17.2 Å². The summed E-state index contributed by atoms with van der Waals surface area (Å²) >= 11 is 14.2. The Hall–Kier alpha value is -3.57. The van der Waals surface area contributed by atoms with Crippen molar-refractivity contribution >= 4 is 58.9 Å². The molecule has 1 aromatic carbocycles. The number of halogens is 2. The summed E-state index contributed by atoms with van der Waals surface area (Å²) in [6, 6.07) is 3.10. The lowest BCUT2D eigenvalue weighted by atomic mass is 9.57. The lowest BCUT2D eigenvalue weighted by Crippen LogP contribution is -2.60. The number of aromatic hydroxyl groups is 1. The number of phenols is 1. The number of phenolic OH excluding ortho intramolecular Hbond substituents is 1. The zero-order valence-electron chi connectivity index (χ0n) is 23.1. The highest BCUT2D eigenvalue weighted by Crippen LogP contribution is 2.63. The van der Waals surface area contributed by atoms with Crippen LogP contribution in [0.3, 0.4) is 0 Å². The van der Waals surface area contributed by atoms with Gasteiger partial charge in [0.25, 0.3) is 11.8 Å².